The Morgan fingerprint density at radius 3 is 2.32 bits per heavy atom. The van der Waals surface area contributed by atoms with Crippen molar-refractivity contribution in [2.75, 3.05) is 0 Å². The Balaban J connectivity index is 1.23. The van der Waals surface area contributed by atoms with Gasteiger partial charge in [-0.05, 0) is 92.4 Å². The molecule has 8 nitrogen and oxygen atoms in total. The van der Waals surface area contributed by atoms with Gasteiger partial charge in [0.1, 0.15) is 0 Å². The monoisotopic (exact) mass is 566 g/mol. The van der Waals surface area contributed by atoms with E-state index in [4.69, 9.17) is 5.73 Å². The van der Waals surface area contributed by atoms with Gasteiger partial charge in [0.25, 0.3) is 5.91 Å². The first-order chi connectivity index (χ1) is 19.5. The summed E-state index contributed by atoms with van der Waals surface area (Å²) in [5.41, 5.74) is 7.19. The van der Waals surface area contributed by atoms with Crippen LogP contribution in [0.4, 0.5) is 0 Å². The number of ketones is 2. The summed E-state index contributed by atoms with van der Waals surface area (Å²) in [6, 6.07) is -1.01. The zero-order valence-corrected chi connectivity index (χ0v) is 25.2. The number of Topliss-reactive ketones (excluding diaryl/α,β-unsaturated/α-hetero) is 2. The van der Waals surface area contributed by atoms with Crippen LogP contribution < -0.4 is 21.7 Å². The highest BCUT2D eigenvalue weighted by Crippen LogP contribution is 2.44. The molecule has 5 N–H and O–H groups in total. The minimum atomic E-state index is -0.760. The third-order valence-electron chi connectivity index (χ3n) is 10.1. The van der Waals surface area contributed by atoms with Crippen LogP contribution in [0.2, 0.25) is 0 Å². The molecule has 41 heavy (non-hydrogen) atoms. The van der Waals surface area contributed by atoms with Gasteiger partial charge in [-0.15, -0.1) is 0 Å². The molecule has 6 atom stereocenters. The number of carbonyl (C=O) groups is 4. The van der Waals surface area contributed by atoms with Crippen molar-refractivity contribution in [2.24, 2.45) is 40.7 Å². The first-order valence-electron chi connectivity index (χ1n) is 16.1. The van der Waals surface area contributed by atoms with E-state index < -0.39 is 17.7 Å². The lowest BCUT2D eigenvalue weighted by atomic mass is 9.78. The Labute approximate surface area is 245 Å². The van der Waals surface area contributed by atoms with Gasteiger partial charge in [-0.25, -0.2) is 0 Å². The number of hydrogen-bond acceptors (Lipinski definition) is 6. The van der Waals surface area contributed by atoms with Crippen molar-refractivity contribution in [2.45, 2.75) is 122 Å². The van der Waals surface area contributed by atoms with Gasteiger partial charge in [-0.2, -0.15) is 0 Å². The second-order valence-electron chi connectivity index (χ2n) is 14.6. The predicted molar refractivity (Wildman–Crippen MR) is 158 cm³/mol. The van der Waals surface area contributed by atoms with Crippen molar-refractivity contribution < 1.29 is 19.2 Å². The van der Waals surface area contributed by atoms with Crippen molar-refractivity contribution in [1.82, 2.24) is 16.0 Å². The summed E-state index contributed by atoms with van der Waals surface area (Å²) in [5, 5.41) is 9.21. The number of carbonyl (C=O) groups excluding carboxylic acids is 4. The highest BCUT2D eigenvalue weighted by molar-refractivity contribution is 6.38. The molecule has 2 unspecified atom stereocenters. The number of nitrogens with two attached hydrogens (primary N) is 1. The zero-order valence-electron chi connectivity index (χ0n) is 25.2. The molecular formula is C33H50N4O4. The maximum Gasteiger partial charge on any atom is 0.289 e. The van der Waals surface area contributed by atoms with Crippen molar-refractivity contribution in [3.8, 4) is 0 Å². The SMILES string of the molecule is CC(C)(C)[C@H](NC(N)=C1CC1)C(=O)CC1CC[C@H](C(=O)NC(CC2CCC2)C(=O)C(=O)NC2CC2)[C@H]2CC=C[C@H]2C1. The Morgan fingerprint density at radius 2 is 1.71 bits per heavy atom. The lowest BCUT2D eigenvalue weighted by molar-refractivity contribution is -0.141. The number of nitrogens with one attached hydrogen (secondary N) is 3. The molecule has 0 radical (unpaired) electrons. The molecule has 4 fully saturated rings. The van der Waals surface area contributed by atoms with Crippen LogP contribution in [0.25, 0.3) is 0 Å². The van der Waals surface area contributed by atoms with Crippen LogP contribution in [0, 0.1) is 35.0 Å². The van der Waals surface area contributed by atoms with E-state index in [2.05, 4.69) is 48.9 Å². The van der Waals surface area contributed by atoms with Gasteiger partial charge in [0, 0.05) is 18.4 Å². The minimum absolute atomic E-state index is 0.105. The molecule has 0 heterocycles. The molecule has 226 valence electrons. The highest BCUT2D eigenvalue weighted by Gasteiger charge is 2.42. The lowest BCUT2D eigenvalue weighted by Gasteiger charge is -2.32. The van der Waals surface area contributed by atoms with Crippen LogP contribution in [0.15, 0.2) is 23.5 Å². The molecule has 0 aromatic carbocycles. The van der Waals surface area contributed by atoms with E-state index in [1.165, 1.54) is 5.57 Å². The Morgan fingerprint density at radius 1 is 0.976 bits per heavy atom. The van der Waals surface area contributed by atoms with Crippen LogP contribution >= 0.6 is 0 Å². The first kappa shape index (κ1) is 29.8. The van der Waals surface area contributed by atoms with E-state index in [1.54, 1.807) is 0 Å². The quantitative estimate of drug-likeness (QED) is 0.208. The smallest absolute Gasteiger partial charge is 0.289 e. The molecule has 4 saturated carbocycles. The number of rotatable bonds is 12. The van der Waals surface area contributed by atoms with Gasteiger partial charge < -0.3 is 21.7 Å². The van der Waals surface area contributed by atoms with Crippen molar-refractivity contribution in [1.29, 1.82) is 0 Å². The third kappa shape index (κ3) is 7.61. The molecule has 8 heteroatoms. The highest BCUT2D eigenvalue weighted by atomic mass is 16.2. The molecular weight excluding hydrogens is 516 g/mol. The van der Waals surface area contributed by atoms with E-state index in [9.17, 15) is 19.2 Å². The maximum atomic E-state index is 13.8. The summed E-state index contributed by atoms with van der Waals surface area (Å²) in [6.45, 7) is 6.22. The maximum absolute atomic E-state index is 13.8. The largest absolute Gasteiger partial charge is 0.386 e. The zero-order chi connectivity index (χ0) is 29.3. The summed E-state index contributed by atoms with van der Waals surface area (Å²) in [4.78, 5) is 53.2. The summed E-state index contributed by atoms with van der Waals surface area (Å²) < 4.78 is 0. The second-order valence-corrected chi connectivity index (χ2v) is 14.6. The average molecular weight is 567 g/mol. The van der Waals surface area contributed by atoms with Gasteiger partial charge >= 0.3 is 0 Å². The topological polar surface area (TPSA) is 130 Å². The summed E-state index contributed by atoms with van der Waals surface area (Å²) >= 11 is 0. The summed E-state index contributed by atoms with van der Waals surface area (Å²) in [7, 11) is 0. The lowest BCUT2D eigenvalue weighted by Crippen LogP contribution is -2.51. The number of fused-ring (bicyclic) bond motifs is 1. The van der Waals surface area contributed by atoms with E-state index >= 15 is 0 Å². The van der Waals surface area contributed by atoms with Gasteiger partial charge in [0.2, 0.25) is 11.7 Å². The molecule has 2 amide bonds. The van der Waals surface area contributed by atoms with E-state index in [1.807, 2.05) is 0 Å². The van der Waals surface area contributed by atoms with Gasteiger partial charge in [-0.1, -0.05) is 52.2 Å². The van der Waals surface area contributed by atoms with Crippen molar-refractivity contribution >= 4 is 23.4 Å². The normalized spacial score (nSPS) is 28.9. The van der Waals surface area contributed by atoms with E-state index in [0.29, 0.717) is 31.0 Å². The molecule has 0 saturated heterocycles. The summed E-state index contributed by atoms with van der Waals surface area (Å²) in [6.07, 6.45) is 15.7. The Bertz CT molecular complexity index is 1090. The average Bonchev–Trinajstić information content (AvgIpc) is 3.81. The van der Waals surface area contributed by atoms with E-state index in [-0.39, 0.29) is 52.9 Å². The summed E-state index contributed by atoms with van der Waals surface area (Å²) in [5.74, 6) is 0.425. The minimum Gasteiger partial charge on any atom is -0.386 e. The van der Waals surface area contributed by atoms with Crippen LogP contribution in [-0.2, 0) is 19.2 Å². The number of allylic oxidation sites excluding steroid dienone is 3. The fourth-order valence-corrected chi connectivity index (χ4v) is 7.07. The standard InChI is InChI=1S/C33H50N4O4/c1-33(2,3)29(37-30(34)21-11-12-21)27(38)18-20-10-15-25(24-9-5-8-22(24)16-20)31(40)36-26(17-19-6-4-7-19)28(39)32(41)35-23-13-14-23/h5,8,19-20,22-26,29,37H,4,6-7,9-18,34H2,1-3H3,(H,35,41)(H,36,40)/t20?,22-,24-,25-,26?,29+/m0/s1. The van der Waals surface area contributed by atoms with Crippen LogP contribution in [0.5, 0.6) is 0 Å². The number of amides is 2. The van der Waals surface area contributed by atoms with Crippen molar-refractivity contribution in [3.63, 3.8) is 0 Å². The van der Waals surface area contributed by atoms with Crippen LogP contribution in [0.1, 0.15) is 104 Å². The van der Waals surface area contributed by atoms with Crippen LogP contribution in [-0.4, -0.2) is 41.5 Å². The Kier molecular flexibility index (Phi) is 8.95. The van der Waals surface area contributed by atoms with Gasteiger partial charge in [0.05, 0.1) is 17.9 Å². The first-order valence-corrected chi connectivity index (χ1v) is 16.1. The Hall–Kier alpha value is -2.64. The molecule has 5 rings (SSSR count). The van der Waals surface area contributed by atoms with Gasteiger partial charge in [0.15, 0.2) is 5.78 Å². The molecule has 0 aliphatic heterocycles. The van der Waals surface area contributed by atoms with Gasteiger partial charge in [-0.3, -0.25) is 19.2 Å². The predicted octanol–water partition coefficient (Wildman–Crippen LogP) is 4.05. The second kappa shape index (κ2) is 12.3. The van der Waals surface area contributed by atoms with E-state index in [0.717, 1.165) is 64.2 Å². The molecule has 0 aromatic rings. The molecule has 5 aliphatic carbocycles. The molecule has 0 spiro atoms. The fraction of sp³-hybridized carbons (Fsp3) is 0.758. The van der Waals surface area contributed by atoms with Crippen LogP contribution in [0.3, 0.4) is 0 Å². The van der Waals surface area contributed by atoms with Crippen molar-refractivity contribution in [3.05, 3.63) is 23.5 Å². The third-order valence-corrected chi connectivity index (χ3v) is 10.1. The molecule has 0 aromatic heterocycles. The number of hydrogen-bond donors (Lipinski definition) is 4. The molecule has 0 bridgehead atoms. The molecule has 5 aliphatic rings. The fourth-order valence-electron chi connectivity index (χ4n) is 7.07.